The van der Waals surface area contributed by atoms with Crippen molar-refractivity contribution in [2.45, 2.75) is 11.8 Å². The van der Waals surface area contributed by atoms with Crippen molar-refractivity contribution in [3.05, 3.63) is 65.2 Å². The highest BCUT2D eigenvalue weighted by Gasteiger charge is 2.05. The van der Waals surface area contributed by atoms with Crippen LogP contribution in [0.3, 0.4) is 0 Å². The van der Waals surface area contributed by atoms with Gasteiger partial charge in [-0.1, -0.05) is 47.5 Å². The van der Waals surface area contributed by atoms with Crippen LogP contribution < -0.4 is 5.14 Å². The van der Waals surface area contributed by atoms with Gasteiger partial charge in [0.15, 0.2) is 0 Å². The number of hydrogen-bond donors (Lipinski definition) is 1. The van der Waals surface area contributed by atoms with Crippen molar-refractivity contribution < 1.29 is 8.42 Å². The molecule has 2 aromatic carbocycles. The van der Waals surface area contributed by atoms with Crippen LogP contribution in [0.25, 0.3) is 0 Å². The van der Waals surface area contributed by atoms with Crippen LogP contribution in [0.15, 0.2) is 59.5 Å². The third-order valence-electron chi connectivity index (χ3n) is 2.08. The Bertz CT molecular complexity index is 580. The van der Waals surface area contributed by atoms with Crippen molar-refractivity contribution >= 4 is 21.6 Å². The van der Waals surface area contributed by atoms with E-state index in [1.54, 1.807) is 0 Å². The molecule has 0 heterocycles. The zero-order valence-corrected chi connectivity index (χ0v) is 11.4. The molecule has 2 N–H and O–H groups in total. The largest absolute Gasteiger partial charge is 0.238 e. The zero-order valence-electron chi connectivity index (χ0n) is 9.88. The van der Waals surface area contributed by atoms with Gasteiger partial charge in [0.05, 0.1) is 4.90 Å². The summed E-state index contributed by atoms with van der Waals surface area (Å²) in [6.45, 7) is 2.08. The minimum Gasteiger partial charge on any atom is -0.225 e. The second-order valence-electron chi connectivity index (χ2n) is 3.65. The molecule has 0 aromatic heterocycles. The van der Waals surface area contributed by atoms with Crippen LogP contribution in [-0.4, -0.2) is 8.42 Å². The fourth-order valence-electron chi connectivity index (χ4n) is 1.16. The Morgan fingerprint density at radius 1 is 0.944 bits per heavy atom. The van der Waals surface area contributed by atoms with Gasteiger partial charge >= 0.3 is 0 Å². The molecule has 0 atom stereocenters. The number of aryl methyl sites for hydroxylation is 1. The highest BCUT2D eigenvalue weighted by molar-refractivity contribution is 7.89. The van der Waals surface area contributed by atoms with Gasteiger partial charge in [-0.3, -0.25) is 0 Å². The maximum atomic E-state index is 10.7. The lowest BCUT2D eigenvalue weighted by Gasteiger charge is -1.95. The van der Waals surface area contributed by atoms with Crippen molar-refractivity contribution in [2.75, 3.05) is 0 Å². The molecular formula is C13H14ClNO2S. The quantitative estimate of drug-likeness (QED) is 0.874. The predicted molar refractivity (Wildman–Crippen MR) is 74.0 cm³/mol. The summed E-state index contributed by atoms with van der Waals surface area (Å²) < 4.78 is 21.4. The van der Waals surface area contributed by atoms with Crippen molar-refractivity contribution in [3.63, 3.8) is 0 Å². The molecule has 96 valence electrons. The maximum Gasteiger partial charge on any atom is 0.238 e. The molecule has 0 aliphatic heterocycles. The molecular weight excluding hydrogens is 270 g/mol. The molecule has 0 aliphatic carbocycles. The Labute approximate surface area is 112 Å². The Balaban J connectivity index is 0.000000199. The van der Waals surface area contributed by atoms with Crippen LogP contribution in [0.5, 0.6) is 0 Å². The molecule has 0 fully saturated rings. The van der Waals surface area contributed by atoms with E-state index in [2.05, 4.69) is 19.1 Å². The molecule has 2 rings (SSSR count). The van der Waals surface area contributed by atoms with Crippen LogP contribution in [0, 0.1) is 6.92 Å². The number of sulfonamides is 1. The fourth-order valence-corrected chi connectivity index (χ4v) is 1.80. The molecule has 5 heteroatoms. The van der Waals surface area contributed by atoms with Crippen molar-refractivity contribution in [1.29, 1.82) is 0 Å². The smallest absolute Gasteiger partial charge is 0.225 e. The molecule has 2 aromatic rings. The van der Waals surface area contributed by atoms with Gasteiger partial charge in [0, 0.05) is 5.02 Å². The van der Waals surface area contributed by atoms with Crippen LogP contribution in [0.1, 0.15) is 5.56 Å². The van der Waals surface area contributed by atoms with Gasteiger partial charge in [-0.2, -0.15) is 0 Å². The SMILES string of the molecule is Cc1ccccc1.NS(=O)(=O)c1ccc(Cl)cc1. The molecule has 0 saturated carbocycles. The number of hydrogen-bond acceptors (Lipinski definition) is 2. The second-order valence-corrected chi connectivity index (χ2v) is 5.65. The summed E-state index contributed by atoms with van der Waals surface area (Å²) in [5, 5.41) is 5.32. The lowest BCUT2D eigenvalue weighted by atomic mass is 10.2. The first-order valence-electron chi connectivity index (χ1n) is 5.19. The van der Waals surface area contributed by atoms with Gasteiger partial charge in [0.1, 0.15) is 0 Å². The van der Waals surface area contributed by atoms with Gasteiger partial charge in [0.2, 0.25) is 10.0 Å². The fraction of sp³-hybridized carbons (Fsp3) is 0.0769. The Hall–Kier alpha value is -1.36. The van der Waals surface area contributed by atoms with Crippen LogP contribution in [0.4, 0.5) is 0 Å². The van der Waals surface area contributed by atoms with E-state index in [1.807, 2.05) is 18.2 Å². The topological polar surface area (TPSA) is 60.2 Å². The van der Waals surface area contributed by atoms with E-state index >= 15 is 0 Å². The Morgan fingerprint density at radius 2 is 1.44 bits per heavy atom. The van der Waals surface area contributed by atoms with E-state index in [9.17, 15) is 8.42 Å². The van der Waals surface area contributed by atoms with Crippen LogP contribution in [0.2, 0.25) is 5.02 Å². The Morgan fingerprint density at radius 3 is 1.78 bits per heavy atom. The number of halogens is 1. The highest BCUT2D eigenvalue weighted by Crippen LogP contribution is 2.11. The van der Waals surface area contributed by atoms with Crippen molar-refractivity contribution in [1.82, 2.24) is 0 Å². The summed E-state index contributed by atoms with van der Waals surface area (Å²) in [7, 11) is -3.58. The summed E-state index contributed by atoms with van der Waals surface area (Å²) in [6, 6.07) is 15.9. The van der Waals surface area contributed by atoms with E-state index in [0.29, 0.717) is 5.02 Å². The number of primary sulfonamides is 1. The first-order valence-corrected chi connectivity index (χ1v) is 7.12. The van der Waals surface area contributed by atoms with Gasteiger partial charge in [-0.25, -0.2) is 13.6 Å². The van der Waals surface area contributed by atoms with Gasteiger partial charge in [-0.15, -0.1) is 0 Å². The van der Waals surface area contributed by atoms with Crippen LogP contribution >= 0.6 is 11.6 Å². The van der Waals surface area contributed by atoms with E-state index in [0.717, 1.165) is 0 Å². The van der Waals surface area contributed by atoms with Crippen molar-refractivity contribution in [3.8, 4) is 0 Å². The van der Waals surface area contributed by atoms with Gasteiger partial charge in [-0.05, 0) is 31.2 Å². The van der Waals surface area contributed by atoms with Gasteiger partial charge in [0.25, 0.3) is 0 Å². The molecule has 18 heavy (non-hydrogen) atoms. The molecule has 0 radical (unpaired) electrons. The molecule has 3 nitrogen and oxygen atoms in total. The van der Waals surface area contributed by atoms with Crippen LogP contribution in [-0.2, 0) is 10.0 Å². The molecule has 0 aliphatic rings. The standard InChI is InChI=1S/C7H8.C6H6ClNO2S/c1-7-5-3-2-4-6-7;7-5-1-3-6(4-2-5)11(8,9)10/h2-6H,1H3;1-4H,(H2,8,9,10). The predicted octanol–water partition coefficient (Wildman–Crippen LogP) is 2.98. The number of rotatable bonds is 1. The molecule has 0 amide bonds. The van der Waals surface area contributed by atoms with E-state index in [1.165, 1.54) is 29.8 Å². The van der Waals surface area contributed by atoms with Gasteiger partial charge < -0.3 is 0 Å². The summed E-state index contributed by atoms with van der Waals surface area (Å²) in [6.07, 6.45) is 0. The lowest BCUT2D eigenvalue weighted by molar-refractivity contribution is 0.598. The third-order valence-corrected chi connectivity index (χ3v) is 3.26. The molecule has 0 saturated heterocycles. The maximum absolute atomic E-state index is 10.7. The third kappa shape index (κ3) is 5.31. The number of benzene rings is 2. The summed E-state index contributed by atoms with van der Waals surface area (Å²) in [5.74, 6) is 0. The minimum atomic E-state index is -3.58. The van der Waals surface area contributed by atoms with Crippen molar-refractivity contribution in [2.24, 2.45) is 5.14 Å². The average Bonchev–Trinajstić information content (AvgIpc) is 2.30. The Kier molecular flexibility index (Phi) is 5.34. The molecule has 0 spiro atoms. The monoisotopic (exact) mass is 283 g/mol. The highest BCUT2D eigenvalue weighted by atomic mass is 35.5. The average molecular weight is 284 g/mol. The molecule has 0 unspecified atom stereocenters. The first kappa shape index (κ1) is 14.7. The minimum absolute atomic E-state index is 0.0712. The summed E-state index contributed by atoms with van der Waals surface area (Å²) >= 11 is 5.53. The zero-order chi connectivity index (χ0) is 13.6. The summed E-state index contributed by atoms with van der Waals surface area (Å²) in [4.78, 5) is 0.0712. The lowest BCUT2D eigenvalue weighted by Crippen LogP contribution is -2.11. The van der Waals surface area contributed by atoms with E-state index in [4.69, 9.17) is 16.7 Å². The summed E-state index contributed by atoms with van der Waals surface area (Å²) in [5.41, 5.74) is 1.32. The van der Waals surface area contributed by atoms with E-state index in [-0.39, 0.29) is 4.90 Å². The number of nitrogens with two attached hydrogens (primary N) is 1. The molecule has 0 bridgehead atoms. The first-order chi connectivity index (χ1) is 8.39. The second kappa shape index (κ2) is 6.54. The van der Waals surface area contributed by atoms with E-state index < -0.39 is 10.0 Å². The normalized spacial score (nSPS) is 10.4.